The Hall–Kier alpha value is -0.240. The Morgan fingerprint density at radius 2 is 1.88 bits per heavy atom. The molecule has 0 unspecified atom stereocenters. The summed E-state index contributed by atoms with van der Waals surface area (Å²) in [5.41, 5.74) is 1.61. The summed E-state index contributed by atoms with van der Waals surface area (Å²) < 4.78 is 0. The van der Waals surface area contributed by atoms with E-state index in [1.165, 1.54) is 18.4 Å². The van der Waals surface area contributed by atoms with E-state index in [-0.39, 0.29) is 11.0 Å². The molecule has 0 heterocycles. The second-order valence-electron chi connectivity index (χ2n) is 6.01. The molecule has 1 N–H and O–H groups in total. The van der Waals surface area contributed by atoms with E-state index in [9.17, 15) is 0 Å². The first-order valence-electron chi connectivity index (χ1n) is 6.03. The zero-order chi connectivity index (χ0) is 12.7. The minimum Gasteiger partial charge on any atom is -0.311 e. The standard InChI is InChI=1S/C14H19Cl2N/c1-13(2,3)17-9-14(6-7-14)11-5-4-10(15)8-12(11)16/h4-5,8,17H,6-7,9H2,1-3H3. The van der Waals surface area contributed by atoms with Crippen molar-refractivity contribution in [2.24, 2.45) is 0 Å². The van der Waals surface area contributed by atoms with Gasteiger partial charge >= 0.3 is 0 Å². The second-order valence-corrected chi connectivity index (χ2v) is 6.85. The van der Waals surface area contributed by atoms with Crippen LogP contribution in [0, 0.1) is 0 Å². The molecular weight excluding hydrogens is 253 g/mol. The molecule has 0 radical (unpaired) electrons. The molecular formula is C14H19Cl2N. The highest BCUT2D eigenvalue weighted by atomic mass is 35.5. The Balaban J connectivity index is 2.16. The van der Waals surface area contributed by atoms with Gasteiger partial charge in [-0.1, -0.05) is 29.3 Å². The van der Waals surface area contributed by atoms with E-state index in [4.69, 9.17) is 23.2 Å². The van der Waals surface area contributed by atoms with Gasteiger partial charge in [-0.25, -0.2) is 0 Å². The van der Waals surface area contributed by atoms with Crippen molar-refractivity contribution in [3.8, 4) is 0 Å². The van der Waals surface area contributed by atoms with Gasteiger partial charge in [0.15, 0.2) is 0 Å². The molecule has 94 valence electrons. The number of rotatable bonds is 3. The van der Waals surface area contributed by atoms with Crippen LogP contribution in [-0.4, -0.2) is 12.1 Å². The Labute approximate surface area is 114 Å². The highest BCUT2D eigenvalue weighted by Gasteiger charge is 2.45. The number of hydrogen-bond donors (Lipinski definition) is 1. The Kier molecular flexibility index (Phi) is 3.46. The summed E-state index contributed by atoms with van der Waals surface area (Å²) in [4.78, 5) is 0. The topological polar surface area (TPSA) is 12.0 Å². The van der Waals surface area contributed by atoms with Crippen LogP contribution in [0.15, 0.2) is 18.2 Å². The van der Waals surface area contributed by atoms with Gasteiger partial charge in [0.05, 0.1) is 0 Å². The third-order valence-electron chi connectivity index (χ3n) is 3.31. The summed E-state index contributed by atoms with van der Waals surface area (Å²) in [6, 6.07) is 5.84. The van der Waals surface area contributed by atoms with Gasteiger partial charge in [0, 0.05) is 27.5 Å². The first kappa shape index (κ1) is 13.2. The van der Waals surface area contributed by atoms with Crippen molar-refractivity contribution in [3.05, 3.63) is 33.8 Å². The van der Waals surface area contributed by atoms with Crippen LogP contribution in [0.4, 0.5) is 0 Å². The average Bonchev–Trinajstić information content (AvgIpc) is 2.95. The van der Waals surface area contributed by atoms with Crippen LogP contribution in [0.2, 0.25) is 10.0 Å². The predicted molar refractivity (Wildman–Crippen MR) is 75.1 cm³/mol. The van der Waals surface area contributed by atoms with Crippen molar-refractivity contribution in [3.63, 3.8) is 0 Å². The van der Waals surface area contributed by atoms with Gasteiger partial charge in [0.1, 0.15) is 0 Å². The molecule has 0 aliphatic heterocycles. The zero-order valence-electron chi connectivity index (χ0n) is 10.6. The molecule has 0 spiro atoms. The highest BCUT2D eigenvalue weighted by Crippen LogP contribution is 2.50. The second kappa shape index (κ2) is 4.46. The first-order chi connectivity index (χ1) is 7.82. The van der Waals surface area contributed by atoms with Crippen molar-refractivity contribution in [1.82, 2.24) is 5.32 Å². The van der Waals surface area contributed by atoms with E-state index in [1.807, 2.05) is 12.1 Å². The van der Waals surface area contributed by atoms with Gasteiger partial charge in [0.25, 0.3) is 0 Å². The molecule has 1 saturated carbocycles. The fourth-order valence-corrected chi connectivity index (χ4v) is 2.66. The number of hydrogen-bond acceptors (Lipinski definition) is 1. The molecule has 17 heavy (non-hydrogen) atoms. The normalized spacial score (nSPS) is 18.2. The Morgan fingerprint density at radius 3 is 2.35 bits per heavy atom. The van der Waals surface area contributed by atoms with Crippen molar-refractivity contribution >= 4 is 23.2 Å². The first-order valence-corrected chi connectivity index (χ1v) is 6.79. The van der Waals surface area contributed by atoms with Gasteiger partial charge < -0.3 is 5.32 Å². The summed E-state index contributed by atoms with van der Waals surface area (Å²) in [5, 5.41) is 5.08. The summed E-state index contributed by atoms with van der Waals surface area (Å²) in [7, 11) is 0. The summed E-state index contributed by atoms with van der Waals surface area (Å²) in [6.45, 7) is 7.55. The summed E-state index contributed by atoms with van der Waals surface area (Å²) in [6.07, 6.45) is 2.41. The van der Waals surface area contributed by atoms with Crippen molar-refractivity contribution < 1.29 is 0 Å². The molecule has 1 aliphatic carbocycles. The van der Waals surface area contributed by atoms with E-state index in [2.05, 4.69) is 32.2 Å². The lowest BCUT2D eigenvalue weighted by atomic mass is 9.94. The smallest absolute Gasteiger partial charge is 0.0458 e. The Morgan fingerprint density at radius 1 is 1.24 bits per heavy atom. The zero-order valence-corrected chi connectivity index (χ0v) is 12.1. The number of benzene rings is 1. The summed E-state index contributed by atoms with van der Waals surface area (Å²) >= 11 is 12.2. The van der Waals surface area contributed by atoms with Gasteiger partial charge in [-0.3, -0.25) is 0 Å². The van der Waals surface area contributed by atoms with Crippen LogP contribution in [-0.2, 0) is 5.41 Å². The minimum atomic E-state index is 0.147. The lowest BCUT2D eigenvalue weighted by Gasteiger charge is -2.26. The quantitative estimate of drug-likeness (QED) is 0.859. The molecule has 0 atom stereocenters. The molecule has 1 aromatic rings. The van der Waals surface area contributed by atoms with Crippen LogP contribution < -0.4 is 5.32 Å². The molecule has 3 heteroatoms. The van der Waals surface area contributed by atoms with Gasteiger partial charge in [0.2, 0.25) is 0 Å². The molecule has 1 fully saturated rings. The highest BCUT2D eigenvalue weighted by molar-refractivity contribution is 6.35. The molecule has 0 bridgehead atoms. The lowest BCUT2D eigenvalue weighted by molar-refractivity contribution is 0.400. The van der Waals surface area contributed by atoms with Crippen LogP contribution in [0.3, 0.4) is 0 Å². The van der Waals surface area contributed by atoms with Crippen LogP contribution in [0.1, 0.15) is 39.2 Å². The maximum atomic E-state index is 6.29. The van der Waals surface area contributed by atoms with Crippen LogP contribution in [0.5, 0.6) is 0 Å². The van der Waals surface area contributed by atoms with Gasteiger partial charge in [-0.15, -0.1) is 0 Å². The van der Waals surface area contributed by atoms with Crippen LogP contribution >= 0.6 is 23.2 Å². The Bertz CT molecular complexity index is 417. The monoisotopic (exact) mass is 271 g/mol. The van der Waals surface area contributed by atoms with E-state index in [1.54, 1.807) is 0 Å². The number of nitrogens with one attached hydrogen (secondary N) is 1. The van der Waals surface area contributed by atoms with E-state index in [0.717, 1.165) is 11.6 Å². The molecule has 0 aromatic heterocycles. The summed E-state index contributed by atoms with van der Waals surface area (Å²) in [5.74, 6) is 0. The molecule has 1 aliphatic rings. The SMILES string of the molecule is CC(C)(C)NCC1(c2ccc(Cl)cc2Cl)CC1. The fraction of sp³-hybridized carbons (Fsp3) is 0.571. The van der Waals surface area contributed by atoms with Gasteiger partial charge in [-0.05, 0) is 51.3 Å². The molecule has 0 saturated heterocycles. The molecule has 0 amide bonds. The van der Waals surface area contributed by atoms with Gasteiger partial charge in [-0.2, -0.15) is 0 Å². The third-order valence-corrected chi connectivity index (χ3v) is 3.86. The number of halogens is 2. The average molecular weight is 272 g/mol. The molecule has 1 aromatic carbocycles. The third kappa shape index (κ3) is 3.15. The maximum Gasteiger partial charge on any atom is 0.0458 e. The maximum absolute atomic E-state index is 6.29. The van der Waals surface area contributed by atoms with Crippen molar-refractivity contribution in [2.75, 3.05) is 6.54 Å². The minimum absolute atomic E-state index is 0.147. The molecule has 2 rings (SSSR count). The molecule has 1 nitrogen and oxygen atoms in total. The van der Waals surface area contributed by atoms with E-state index in [0.29, 0.717) is 5.02 Å². The van der Waals surface area contributed by atoms with Crippen molar-refractivity contribution in [1.29, 1.82) is 0 Å². The van der Waals surface area contributed by atoms with E-state index >= 15 is 0 Å². The predicted octanol–water partition coefficient (Wildman–Crippen LogP) is 4.41. The lowest BCUT2D eigenvalue weighted by Crippen LogP contribution is -2.41. The van der Waals surface area contributed by atoms with E-state index < -0.39 is 0 Å². The van der Waals surface area contributed by atoms with Crippen molar-refractivity contribution in [2.45, 2.75) is 44.6 Å². The largest absolute Gasteiger partial charge is 0.311 e. The van der Waals surface area contributed by atoms with Crippen LogP contribution in [0.25, 0.3) is 0 Å². The fourth-order valence-electron chi connectivity index (χ4n) is 2.05.